The van der Waals surface area contributed by atoms with Gasteiger partial charge in [-0.15, -0.1) is 0 Å². The molecule has 0 heterocycles. The lowest BCUT2D eigenvalue weighted by atomic mass is 10.1. The molecule has 0 saturated carbocycles. The molecule has 16 heavy (non-hydrogen) atoms. The Bertz CT molecular complexity index is 396. The highest BCUT2D eigenvalue weighted by Gasteiger charge is 1.96. The number of hydrogen-bond acceptors (Lipinski definition) is 1. The molecular weight excluding hydrogens is 210 g/mol. The summed E-state index contributed by atoms with van der Waals surface area (Å²) in [6, 6.07) is 7.59. The van der Waals surface area contributed by atoms with Gasteiger partial charge in [0.1, 0.15) is 5.75 Å². The minimum absolute atomic E-state index is 0.566. The molecule has 86 valence electrons. The fourth-order valence-electron chi connectivity index (χ4n) is 1.35. The van der Waals surface area contributed by atoms with Crippen molar-refractivity contribution >= 4 is 0 Å². The summed E-state index contributed by atoms with van der Waals surface area (Å²) in [5.41, 5.74) is 3.67. The number of halogens is 2. The van der Waals surface area contributed by atoms with E-state index in [1.807, 2.05) is 30.0 Å². The highest BCUT2D eigenvalue weighted by Crippen LogP contribution is 2.14. The van der Waals surface area contributed by atoms with Crippen molar-refractivity contribution in [3.05, 3.63) is 47.2 Å². The Hall–Kier alpha value is -1.60. The predicted molar refractivity (Wildman–Crippen MR) is 59.7 cm³/mol. The second kappa shape index (κ2) is 6.09. The van der Waals surface area contributed by atoms with Gasteiger partial charge in [-0.05, 0) is 43.0 Å². The van der Waals surface area contributed by atoms with E-state index in [0.717, 1.165) is 17.7 Å². The number of aryl methyl sites for hydroxylation is 1. The van der Waals surface area contributed by atoms with E-state index in [0.29, 0.717) is 12.0 Å². The molecule has 3 heteroatoms. The molecule has 0 aromatic heterocycles. The molecule has 1 aromatic carbocycles. The number of methoxy groups -OCH3 is 1. The van der Waals surface area contributed by atoms with Gasteiger partial charge < -0.3 is 4.74 Å². The standard InChI is InChI=1S/C13H14F2O/c1-10(9-13(14)15)3-4-11-5-7-12(16-2)8-6-11/h5-8H,3-4H2,1-2H3. The summed E-state index contributed by atoms with van der Waals surface area (Å²) >= 11 is 0. The van der Waals surface area contributed by atoms with Crippen LogP contribution in [-0.2, 0) is 6.42 Å². The SMILES string of the molecule is COc1ccc(CCC(C)=C=C(F)F)cc1. The van der Waals surface area contributed by atoms with E-state index < -0.39 is 6.08 Å². The quantitative estimate of drug-likeness (QED) is 0.703. The number of hydrogen-bond donors (Lipinski definition) is 0. The molecule has 0 bridgehead atoms. The summed E-state index contributed by atoms with van der Waals surface area (Å²) in [5.74, 6) is 0.797. The van der Waals surface area contributed by atoms with Gasteiger partial charge in [0.2, 0.25) is 0 Å². The van der Waals surface area contributed by atoms with E-state index in [1.165, 1.54) is 0 Å². The molecule has 1 aromatic rings. The second-order valence-electron chi connectivity index (χ2n) is 3.51. The first-order valence-corrected chi connectivity index (χ1v) is 5.02. The van der Waals surface area contributed by atoms with Crippen LogP contribution in [0.15, 0.2) is 41.7 Å². The smallest absolute Gasteiger partial charge is 0.313 e. The van der Waals surface area contributed by atoms with Crippen molar-refractivity contribution in [2.75, 3.05) is 7.11 Å². The van der Waals surface area contributed by atoms with Crippen LogP contribution in [0, 0.1) is 0 Å². The van der Waals surface area contributed by atoms with Crippen LogP contribution in [0.4, 0.5) is 8.78 Å². The highest BCUT2D eigenvalue weighted by atomic mass is 19.3. The summed E-state index contributed by atoms with van der Waals surface area (Å²) in [7, 11) is 1.61. The summed E-state index contributed by atoms with van der Waals surface area (Å²) in [6.45, 7) is 1.66. The molecule has 0 fully saturated rings. The van der Waals surface area contributed by atoms with E-state index in [2.05, 4.69) is 0 Å². The van der Waals surface area contributed by atoms with Crippen molar-refractivity contribution in [3.8, 4) is 5.75 Å². The third-order valence-electron chi connectivity index (χ3n) is 2.26. The molecule has 0 spiro atoms. The lowest BCUT2D eigenvalue weighted by Crippen LogP contribution is -1.87. The van der Waals surface area contributed by atoms with Gasteiger partial charge in [-0.2, -0.15) is 8.78 Å². The maximum absolute atomic E-state index is 11.9. The average Bonchev–Trinajstić information content (AvgIpc) is 2.26. The first-order chi connectivity index (χ1) is 7.61. The maximum atomic E-state index is 11.9. The van der Waals surface area contributed by atoms with Gasteiger partial charge in [-0.3, -0.25) is 0 Å². The van der Waals surface area contributed by atoms with Gasteiger partial charge in [0, 0.05) is 0 Å². The van der Waals surface area contributed by atoms with Gasteiger partial charge in [0.25, 0.3) is 0 Å². The Balaban J connectivity index is 2.58. The molecule has 1 rings (SSSR count). The molecule has 0 unspecified atom stereocenters. The molecule has 0 atom stereocenters. The van der Waals surface area contributed by atoms with E-state index in [9.17, 15) is 8.78 Å². The number of allylic oxidation sites excluding steroid dienone is 1. The molecule has 0 aliphatic carbocycles. The van der Waals surface area contributed by atoms with Crippen LogP contribution in [0.1, 0.15) is 18.9 Å². The number of rotatable bonds is 4. The normalized spacial score (nSPS) is 9.50. The molecule has 1 nitrogen and oxygen atoms in total. The number of benzene rings is 1. The molecule has 0 saturated heterocycles. The maximum Gasteiger partial charge on any atom is 0.313 e. The van der Waals surface area contributed by atoms with E-state index in [4.69, 9.17) is 4.74 Å². The Morgan fingerprint density at radius 3 is 2.38 bits per heavy atom. The Morgan fingerprint density at radius 1 is 1.25 bits per heavy atom. The van der Waals surface area contributed by atoms with Crippen molar-refractivity contribution in [1.29, 1.82) is 0 Å². The molecule has 0 aliphatic heterocycles. The van der Waals surface area contributed by atoms with Crippen molar-refractivity contribution < 1.29 is 13.5 Å². The Kier molecular flexibility index (Phi) is 4.74. The second-order valence-corrected chi connectivity index (χ2v) is 3.51. The summed E-state index contributed by atoms with van der Waals surface area (Å²) < 4.78 is 28.8. The van der Waals surface area contributed by atoms with Gasteiger partial charge in [0.15, 0.2) is 0 Å². The fourth-order valence-corrected chi connectivity index (χ4v) is 1.35. The largest absolute Gasteiger partial charge is 0.497 e. The average molecular weight is 224 g/mol. The number of ether oxygens (including phenoxy) is 1. The van der Waals surface area contributed by atoms with Crippen LogP contribution in [0.3, 0.4) is 0 Å². The lowest BCUT2D eigenvalue weighted by Gasteiger charge is -2.02. The molecule has 0 radical (unpaired) electrons. The van der Waals surface area contributed by atoms with E-state index >= 15 is 0 Å². The van der Waals surface area contributed by atoms with Gasteiger partial charge >= 0.3 is 6.08 Å². The van der Waals surface area contributed by atoms with Crippen LogP contribution in [0.2, 0.25) is 0 Å². The summed E-state index contributed by atoms with van der Waals surface area (Å²) in [6.07, 6.45) is -0.438. The molecular formula is C13H14F2O. The minimum atomic E-state index is -1.76. The van der Waals surface area contributed by atoms with Gasteiger partial charge in [-0.25, -0.2) is 0 Å². The van der Waals surface area contributed by atoms with Crippen molar-refractivity contribution in [2.24, 2.45) is 0 Å². The third-order valence-corrected chi connectivity index (χ3v) is 2.26. The van der Waals surface area contributed by atoms with E-state index in [-0.39, 0.29) is 0 Å². The Morgan fingerprint density at radius 2 is 1.88 bits per heavy atom. The predicted octanol–water partition coefficient (Wildman–Crippen LogP) is 3.95. The van der Waals surface area contributed by atoms with Crippen LogP contribution in [0.25, 0.3) is 0 Å². The molecule has 0 aliphatic rings. The van der Waals surface area contributed by atoms with Crippen LogP contribution in [-0.4, -0.2) is 7.11 Å². The zero-order chi connectivity index (χ0) is 12.0. The van der Waals surface area contributed by atoms with Crippen LogP contribution in [0.5, 0.6) is 5.75 Å². The zero-order valence-electron chi connectivity index (χ0n) is 9.39. The first kappa shape index (κ1) is 12.5. The first-order valence-electron chi connectivity index (χ1n) is 5.02. The van der Waals surface area contributed by atoms with E-state index in [1.54, 1.807) is 14.0 Å². The minimum Gasteiger partial charge on any atom is -0.497 e. The van der Waals surface area contributed by atoms with Crippen LogP contribution < -0.4 is 4.74 Å². The van der Waals surface area contributed by atoms with Crippen LogP contribution >= 0.6 is 0 Å². The van der Waals surface area contributed by atoms with Crippen molar-refractivity contribution in [1.82, 2.24) is 0 Å². The third kappa shape index (κ3) is 4.28. The van der Waals surface area contributed by atoms with Crippen molar-refractivity contribution in [2.45, 2.75) is 19.8 Å². The topological polar surface area (TPSA) is 9.23 Å². The summed E-state index contributed by atoms with van der Waals surface area (Å²) in [4.78, 5) is 0. The highest BCUT2D eigenvalue weighted by molar-refractivity contribution is 5.27. The van der Waals surface area contributed by atoms with Crippen molar-refractivity contribution in [3.63, 3.8) is 0 Å². The molecule has 0 N–H and O–H groups in total. The van der Waals surface area contributed by atoms with Gasteiger partial charge in [-0.1, -0.05) is 17.9 Å². The Labute approximate surface area is 94.1 Å². The fraction of sp³-hybridized carbons (Fsp3) is 0.308. The summed E-state index contributed by atoms with van der Waals surface area (Å²) in [5, 5.41) is 0. The molecule has 0 amide bonds. The zero-order valence-corrected chi connectivity index (χ0v) is 9.39. The lowest BCUT2D eigenvalue weighted by molar-refractivity contribution is 0.414. The monoisotopic (exact) mass is 224 g/mol. The van der Waals surface area contributed by atoms with Gasteiger partial charge in [0.05, 0.1) is 7.11 Å².